The monoisotopic (exact) mass is 362 g/mol. The van der Waals surface area contributed by atoms with Crippen molar-refractivity contribution in [2.24, 2.45) is 0 Å². The molecule has 0 spiro atoms. The van der Waals surface area contributed by atoms with Crippen molar-refractivity contribution in [1.29, 1.82) is 0 Å². The van der Waals surface area contributed by atoms with Gasteiger partial charge in [0.1, 0.15) is 5.75 Å². The molecule has 0 fully saturated rings. The second-order valence-corrected chi connectivity index (χ2v) is 5.95. The molecule has 2 aromatic carbocycles. The lowest BCUT2D eigenvalue weighted by molar-refractivity contribution is 0.0599. The predicted octanol–water partition coefficient (Wildman–Crippen LogP) is 4.34. The van der Waals surface area contributed by atoms with Crippen LogP contribution in [0, 0.1) is 6.92 Å². The Kier molecular flexibility index (Phi) is 5.61. The number of hydrogen-bond donors (Lipinski definition) is 0. The molecule has 0 atom stereocenters. The minimum Gasteiger partial charge on any atom is -0.496 e. The topological polar surface area (TPSA) is 35.5 Å². The van der Waals surface area contributed by atoms with Gasteiger partial charge in [-0.15, -0.1) is 0 Å². The third kappa shape index (κ3) is 3.69. The fraction of sp³-hybridized carbons (Fsp3) is 0.278. The Morgan fingerprint density at radius 2 is 1.82 bits per heavy atom. The number of carbonyl (C=O) groups is 1. The van der Waals surface area contributed by atoms with Crippen molar-refractivity contribution in [2.75, 3.05) is 14.2 Å². The summed E-state index contributed by atoms with van der Waals surface area (Å²) >= 11 is 3.40. The molecule has 116 valence electrons. The Hall–Kier alpha value is -1.81. The molecule has 0 heterocycles. The van der Waals surface area contributed by atoms with Crippen LogP contribution in [0.5, 0.6) is 5.75 Å². The third-order valence-corrected chi connectivity index (χ3v) is 4.25. The maximum Gasteiger partial charge on any atom is 0.338 e. The standard InChI is InChI=1S/C18H19BrO3/c1-12-13(5-4-6-17(12)21-2)7-8-14-9-10-15(19)11-16(14)18(20)22-3/h4-6,9-11H,7-8H2,1-3H3. The SMILES string of the molecule is COC(=O)c1cc(Br)ccc1CCc1cccc(OC)c1C. The molecule has 0 amide bonds. The lowest BCUT2D eigenvalue weighted by Gasteiger charge is -2.12. The number of methoxy groups -OCH3 is 2. The summed E-state index contributed by atoms with van der Waals surface area (Å²) in [6.07, 6.45) is 1.61. The number of ether oxygens (including phenoxy) is 2. The molecule has 0 aliphatic heterocycles. The minimum atomic E-state index is -0.307. The van der Waals surface area contributed by atoms with Gasteiger partial charge in [0, 0.05) is 4.47 Å². The van der Waals surface area contributed by atoms with E-state index in [9.17, 15) is 4.79 Å². The van der Waals surface area contributed by atoms with Crippen molar-refractivity contribution in [1.82, 2.24) is 0 Å². The molecule has 0 radical (unpaired) electrons. The quantitative estimate of drug-likeness (QED) is 0.742. The summed E-state index contributed by atoms with van der Waals surface area (Å²) in [5.74, 6) is 0.583. The van der Waals surface area contributed by atoms with Gasteiger partial charge in [-0.1, -0.05) is 34.1 Å². The number of esters is 1. The summed E-state index contributed by atoms with van der Waals surface area (Å²) in [4.78, 5) is 11.9. The van der Waals surface area contributed by atoms with Crippen molar-refractivity contribution in [3.8, 4) is 5.75 Å². The van der Waals surface area contributed by atoms with Gasteiger partial charge >= 0.3 is 5.97 Å². The summed E-state index contributed by atoms with van der Waals surface area (Å²) in [5.41, 5.74) is 3.95. The zero-order valence-electron chi connectivity index (χ0n) is 13.0. The number of rotatable bonds is 5. The molecule has 0 N–H and O–H groups in total. The van der Waals surface area contributed by atoms with E-state index >= 15 is 0 Å². The highest BCUT2D eigenvalue weighted by Crippen LogP contribution is 2.24. The van der Waals surface area contributed by atoms with E-state index in [0.717, 1.165) is 34.2 Å². The maximum absolute atomic E-state index is 11.9. The number of hydrogen-bond acceptors (Lipinski definition) is 3. The first-order chi connectivity index (χ1) is 10.6. The lowest BCUT2D eigenvalue weighted by Crippen LogP contribution is -2.07. The summed E-state index contributed by atoms with van der Waals surface area (Å²) in [6, 6.07) is 11.8. The fourth-order valence-corrected chi connectivity index (χ4v) is 2.85. The summed E-state index contributed by atoms with van der Waals surface area (Å²) in [7, 11) is 3.08. The van der Waals surface area contributed by atoms with Gasteiger partial charge in [0.15, 0.2) is 0 Å². The highest BCUT2D eigenvalue weighted by molar-refractivity contribution is 9.10. The van der Waals surface area contributed by atoms with E-state index < -0.39 is 0 Å². The molecular weight excluding hydrogens is 344 g/mol. The number of carbonyl (C=O) groups excluding carboxylic acids is 1. The average molecular weight is 363 g/mol. The molecule has 0 aliphatic carbocycles. The second kappa shape index (κ2) is 7.45. The average Bonchev–Trinajstić information content (AvgIpc) is 2.54. The first-order valence-electron chi connectivity index (χ1n) is 7.06. The molecular formula is C18H19BrO3. The van der Waals surface area contributed by atoms with Crippen LogP contribution in [0.25, 0.3) is 0 Å². The Morgan fingerprint density at radius 3 is 2.50 bits per heavy atom. The maximum atomic E-state index is 11.9. The zero-order chi connectivity index (χ0) is 16.1. The number of benzene rings is 2. The minimum absolute atomic E-state index is 0.307. The van der Waals surface area contributed by atoms with Crippen LogP contribution in [0.1, 0.15) is 27.0 Å². The molecule has 0 saturated heterocycles. The molecule has 2 aromatic rings. The summed E-state index contributed by atoms with van der Waals surface area (Å²) < 4.78 is 11.1. The van der Waals surface area contributed by atoms with Crippen molar-refractivity contribution in [2.45, 2.75) is 19.8 Å². The molecule has 0 aliphatic rings. The van der Waals surface area contributed by atoms with E-state index in [-0.39, 0.29) is 5.97 Å². The van der Waals surface area contributed by atoms with Crippen LogP contribution in [0.3, 0.4) is 0 Å². The van der Waals surface area contributed by atoms with Crippen molar-refractivity contribution < 1.29 is 14.3 Å². The Morgan fingerprint density at radius 1 is 1.09 bits per heavy atom. The molecule has 0 saturated carbocycles. The normalized spacial score (nSPS) is 10.4. The van der Waals surface area contributed by atoms with Gasteiger partial charge in [0.25, 0.3) is 0 Å². The van der Waals surface area contributed by atoms with E-state index in [4.69, 9.17) is 9.47 Å². The van der Waals surface area contributed by atoms with Crippen LogP contribution in [-0.2, 0) is 17.6 Å². The molecule has 0 bridgehead atoms. The lowest BCUT2D eigenvalue weighted by atomic mass is 9.97. The molecule has 4 heteroatoms. The number of halogens is 1. The fourth-order valence-electron chi connectivity index (χ4n) is 2.49. The van der Waals surface area contributed by atoms with Crippen LogP contribution < -0.4 is 4.74 Å². The highest BCUT2D eigenvalue weighted by Gasteiger charge is 2.13. The molecule has 22 heavy (non-hydrogen) atoms. The second-order valence-electron chi connectivity index (χ2n) is 5.04. The van der Waals surface area contributed by atoms with E-state index in [1.807, 2.05) is 24.3 Å². The molecule has 2 rings (SSSR count). The third-order valence-electron chi connectivity index (χ3n) is 3.76. The van der Waals surface area contributed by atoms with Gasteiger partial charge in [-0.2, -0.15) is 0 Å². The van der Waals surface area contributed by atoms with Gasteiger partial charge < -0.3 is 9.47 Å². The smallest absolute Gasteiger partial charge is 0.338 e. The van der Waals surface area contributed by atoms with E-state index in [0.29, 0.717) is 5.56 Å². The van der Waals surface area contributed by atoms with Gasteiger partial charge in [-0.05, 0) is 54.7 Å². The Labute approximate surface area is 139 Å². The molecule has 0 aromatic heterocycles. The molecule has 0 unspecified atom stereocenters. The summed E-state index contributed by atoms with van der Waals surface area (Å²) in [6.45, 7) is 2.05. The van der Waals surface area contributed by atoms with E-state index in [1.165, 1.54) is 12.7 Å². The van der Waals surface area contributed by atoms with Crippen molar-refractivity contribution in [3.63, 3.8) is 0 Å². The van der Waals surface area contributed by atoms with Crippen LogP contribution in [0.15, 0.2) is 40.9 Å². The van der Waals surface area contributed by atoms with Crippen molar-refractivity contribution in [3.05, 3.63) is 63.1 Å². The zero-order valence-corrected chi connectivity index (χ0v) is 14.6. The Balaban J connectivity index is 2.24. The highest BCUT2D eigenvalue weighted by atomic mass is 79.9. The van der Waals surface area contributed by atoms with Gasteiger partial charge in [0.2, 0.25) is 0 Å². The Bertz CT molecular complexity index is 680. The van der Waals surface area contributed by atoms with Crippen LogP contribution in [0.4, 0.5) is 0 Å². The number of aryl methyl sites for hydroxylation is 2. The first-order valence-corrected chi connectivity index (χ1v) is 7.85. The van der Waals surface area contributed by atoms with Gasteiger partial charge in [-0.25, -0.2) is 4.79 Å². The van der Waals surface area contributed by atoms with Crippen LogP contribution in [0.2, 0.25) is 0 Å². The van der Waals surface area contributed by atoms with Gasteiger partial charge in [0.05, 0.1) is 19.8 Å². The summed E-state index contributed by atoms with van der Waals surface area (Å²) in [5, 5.41) is 0. The predicted molar refractivity (Wildman–Crippen MR) is 90.6 cm³/mol. The largest absolute Gasteiger partial charge is 0.496 e. The van der Waals surface area contributed by atoms with Crippen molar-refractivity contribution >= 4 is 21.9 Å². The molecule has 3 nitrogen and oxygen atoms in total. The van der Waals surface area contributed by atoms with Gasteiger partial charge in [-0.3, -0.25) is 0 Å². The van der Waals surface area contributed by atoms with E-state index in [1.54, 1.807) is 13.2 Å². The van der Waals surface area contributed by atoms with Crippen LogP contribution in [-0.4, -0.2) is 20.2 Å². The van der Waals surface area contributed by atoms with Crippen LogP contribution >= 0.6 is 15.9 Å². The first kappa shape index (κ1) is 16.6. The van der Waals surface area contributed by atoms with E-state index in [2.05, 4.69) is 28.9 Å².